The third kappa shape index (κ3) is 3.78. The Balaban J connectivity index is 1.86. The van der Waals surface area contributed by atoms with E-state index < -0.39 is 29.6 Å². The SMILES string of the molecule is Cc1cc(CN2C(=O)N(c3ccc(OC(F)(F)F)cc3)C(=O)C2(C)C)ccn1. The second-order valence-electron chi connectivity index (χ2n) is 6.92. The highest BCUT2D eigenvalue weighted by Crippen LogP contribution is 2.34. The first-order valence-corrected chi connectivity index (χ1v) is 8.42. The molecule has 3 rings (SSSR count). The smallest absolute Gasteiger partial charge is 0.406 e. The van der Waals surface area contributed by atoms with Crippen molar-refractivity contribution in [3.8, 4) is 5.75 Å². The minimum Gasteiger partial charge on any atom is -0.406 e. The van der Waals surface area contributed by atoms with Crippen LogP contribution in [0.4, 0.5) is 23.7 Å². The molecule has 0 bridgehead atoms. The van der Waals surface area contributed by atoms with Crippen molar-refractivity contribution < 1.29 is 27.5 Å². The molecule has 1 saturated heterocycles. The van der Waals surface area contributed by atoms with Gasteiger partial charge in [-0.15, -0.1) is 13.2 Å². The summed E-state index contributed by atoms with van der Waals surface area (Å²) in [6.07, 6.45) is -3.19. The number of anilines is 1. The van der Waals surface area contributed by atoms with Gasteiger partial charge in [-0.2, -0.15) is 0 Å². The molecule has 148 valence electrons. The first-order chi connectivity index (χ1) is 13.0. The van der Waals surface area contributed by atoms with Crippen LogP contribution in [0.5, 0.6) is 5.75 Å². The summed E-state index contributed by atoms with van der Waals surface area (Å²) in [5, 5.41) is 0. The monoisotopic (exact) mass is 393 g/mol. The molecule has 9 heteroatoms. The Labute approximate surface area is 159 Å². The van der Waals surface area contributed by atoms with Crippen LogP contribution < -0.4 is 9.64 Å². The molecule has 6 nitrogen and oxygen atoms in total. The maximum absolute atomic E-state index is 12.9. The summed E-state index contributed by atoms with van der Waals surface area (Å²) in [5.41, 5.74) is 0.656. The number of aromatic nitrogens is 1. The number of nitrogens with zero attached hydrogens (tertiary/aromatic N) is 3. The van der Waals surface area contributed by atoms with Crippen molar-refractivity contribution in [2.45, 2.75) is 39.2 Å². The zero-order chi connectivity index (χ0) is 20.7. The van der Waals surface area contributed by atoms with E-state index in [4.69, 9.17) is 0 Å². The van der Waals surface area contributed by atoms with E-state index in [1.165, 1.54) is 17.0 Å². The van der Waals surface area contributed by atoms with Gasteiger partial charge in [-0.3, -0.25) is 9.78 Å². The average molecular weight is 393 g/mol. The molecule has 1 aliphatic heterocycles. The molecule has 28 heavy (non-hydrogen) atoms. The number of rotatable bonds is 4. The Bertz CT molecular complexity index is 911. The number of pyridine rings is 1. The van der Waals surface area contributed by atoms with Crippen LogP contribution in [0, 0.1) is 6.92 Å². The summed E-state index contributed by atoms with van der Waals surface area (Å²) in [5.74, 6) is -0.897. The summed E-state index contributed by atoms with van der Waals surface area (Å²) in [6.45, 7) is 5.28. The van der Waals surface area contributed by atoms with E-state index in [0.717, 1.165) is 28.3 Å². The van der Waals surface area contributed by atoms with Crippen molar-refractivity contribution in [2.24, 2.45) is 0 Å². The van der Waals surface area contributed by atoms with Crippen LogP contribution in [0.3, 0.4) is 0 Å². The van der Waals surface area contributed by atoms with Crippen molar-refractivity contribution >= 4 is 17.6 Å². The number of carbonyl (C=O) groups excluding carboxylic acids is 2. The van der Waals surface area contributed by atoms with Crippen LogP contribution in [-0.2, 0) is 11.3 Å². The number of ether oxygens (including phenoxy) is 1. The van der Waals surface area contributed by atoms with Crippen LogP contribution in [0.15, 0.2) is 42.6 Å². The summed E-state index contributed by atoms with van der Waals surface area (Å²) in [6, 6.07) is 7.64. The van der Waals surface area contributed by atoms with Crippen molar-refractivity contribution in [3.63, 3.8) is 0 Å². The number of amides is 3. The number of halogens is 3. The number of alkyl halides is 3. The predicted octanol–water partition coefficient (Wildman–Crippen LogP) is 4.04. The van der Waals surface area contributed by atoms with E-state index in [-0.39, 0.29) is 12.2 Å². The molecule has 0 atom stereocenters. The van der Waals surface area contributed by atoms with E-state index in [1.807, 2.05) is 13.0 Å². The standard InChI is InChI=1S/C19H18F3N3O3/c1-12-10-13(8-9-23-12)11-24-17(27)25(16(26)18(24,2)3)14-4-6-15(7-5-14)28-19(20,21)22/h4-10H,11H2,1-3H3. The number of hydrogen-bond donors (Lipinski definition) is 0. The Hall–Kier alpha value is -3.10. The number of hydrogen-bond acceptors (Lipinski definition) is 4. The zero-order valence-corrected chi connectivity index (χ0v) is 15.4. The molecule has 0 N–H and O–H groups in total. The fraction of sp³-hybridized carbons (Fsp3) is 0.316. The maximum Gasteiger partial charge on any atom is 0.573 e. The summed E-state index contributed by atoms with van der Waals surface area (Å²) in [7, 11) is 0. The normalized spacial score (nSPS) is 16.6. The fourth-order valence-corrected chi connectivity index (χ4v) is 3.01. The van der Waals surface area contributed by atoms with Gasteiger partial charge >= 0.3 is 12.4 Å². The van der Waals surface area contributed by atoms with Gasteiger partial charge in [0.2, 0.25) is 0 Å². The first-order valence-electron chi connectivity index (χ1n) is 8.42. The van der Waals surface area contributed by atoms with Gasteiger partial charge in [0.25, 0.3) is 5.91 Å². The number of benzene rings is 1. The highest BCUT2D eigenvalue weighted by molar-refractivity contribution is 6.22. The molecule has 0 radical (unpaired) electrons. The first kappa shape index (κ1) is 19.7. The molecular weight excluding hydrogens is 375 g/mol. The van der Waals surface area contributed by atoms with E-state index in [2.05, 4.69) is 9.72 Å². The number of carbonyl (C=O) groups is 2. The third-order valence-electron chi connectivity index (χ3n) is 4.45. The van der Waals surface area contributed by atoms with Gasteiger partial charge in [-0.05, 0) is 62.7 Å². The van der Waals surface area contributed by atoms with E-state index in [1.54, 1.807) is 26.1 Å². The Morgan fingerprint density at radius 1 is 1.11 bits per heavy atom. The molecule has 2 aromatic rings. The molecular formula is C19H18F3N3O3. The fourth-order valence-electron chi connectivity index (χ4n) is 3.01. The van der Waals surface area contributed by atoms with Crippen LogP contribution in [0.25, 0.3) is 0 Å². The minimum absolute atomic E-state index is 0.172. The van der Waals surface area contributed by atoms with Gasteiger partial charge in [0.1, 0.15) is 11.3 Å². The van der Waals surface area contributed by atoms with Gasteiger partial charge in [0, 0.05) is 18.4 Å². The lowest BCUT2D eigenvalue weighted by molar-refractivity contribution is -0.274. The molecule has 3 amide bonds. The minimum atomic E-state index is -4.82. The molecule has 0 spiro atoms. The largest absolute Gasteiger partial charge is 0.573 e. The third-order valence-corrected chi connectivity index (χ3v) is 4.45. The lowest BCUT2D eigenvalue weighted by Gasteiger charge is -2.27. The summed E-state index contributed by atoms with van der Waals surface area (Å²) in [4.78, 5) is 32.3. The van der Waals surface area contributed by atoms with Crippen molar-refractivity contribution in [3.05, 3.63) is 53.9 Å². The molecule has 1 aromatic carbocycles. The van der Waals surface area contributed by atoms with E-state index in [0.29, 0.717) is 0 Å². The second-order valence-corrected chi connectivity index (χ2v) is 6.92. The zero-order valence-electron chi connectivity index (χ0n) is 15.4. The van der Waals surface area contributed by atoms with Crippen LogP contribution in [0.2, 0.25) is 0 Å². The molecule has 0 unspecified atom stereocenters. The topological polar surface area (TPSA) is 62.7 Å². The predicted molar refractivity (Wildman–Crippen MR) is 94.6 cm³/mol. The molecule has 0 aliphatic carbocycles. The average Bonchev–Trinajstić information content (AvgIpc) is 2.75. The van der Waals surface area contributed by atoms with Gasteiger partial charge in [-0.25, -0.2) is 9.69 Å². The molecule has 0 saturated carbocycles. The highest BCUT2D eigenvalue weighted by Gasteiger charge is 2.51. The highest BCUT2D eigenvalue weighted by atomic mass is 19.4. The lowest BCUT2D eigenvalue weighted by Crippen LogP contribution is -2.43. The van der Waals surface area contributed by atoms with Crippen molar-refractivity contribution in [2.75, 3.05) is 4.90 Å². The van der Waals surface area contributed by atoms with Gasteiger partial charge in [0.15, 0.2) is 0 Å². The van der Waals surface area contributed by atoms with E-state index in [9.17, 15) is 22.8 Å². The van der Waals surface area contributed by atoms with Gasteiger partial charge in [0.05, 0.1) is 5.69 Å². The number of urea groups is 1. The Kier molecular flexibility index (Phi) is 4.78. The molecule has 1 aromatic heterocycles. The summed E-state index contributed by atoms with van der Waals surface area (Å²) < 4.78 is 40.7. The molecule has 1 fully saturated rings. The van der Waals surface area contributed by atoms with Crippen molar-refractivity contribution in [1.29, 1.82) is 0 Å². The molecule has 1 aliphatic rings. The Morgan fingerprint density at radius 2 is 1.75 bits per heavy atom. The summed E-state index contributed by atoms with van der Waals surface area (Å²) >= 11 is 0. The number of imide groups is 1. The van der Waals surface area contributed by atoms with Gasteiger partial charge in [-0.1, -0.05) is 0 Å². The van der Waals surface area contributed by atoms with E-state index >= 15 is 0 Å². The second kappa shape index (κ2) is 6.81. The maximum atomic E-state index is 12.9. The van der Waals surface area contributed by atoms with Gasteiger partial charge < -0.3 is 9.64 Å². The number of aryl methyl sites for hydroxylation is 1. The molecule has 2 heterocycles. The van der Waals surface area contributed by atoms with Crippen LogP contribution in [0.1, 0.15) is 25.1 Å². The van der Waals surface area contributed by atoms with Crippen LogP contribution in [-0.4, -0.2) is 33.7 Å². The lowest BCUT2D eigenvalue weighted by atomic mass is 10.0. The van der Waals surface area contributed by atoms with Crippen LogP contribution >= 0.6 is 0 Å². The quantitative estimate of drug-likeness (QED) is 0.736. The van der Waals surface area contributed by atoms with Crippen molar-refractivity contribution in [1.82, 2.24) is 9.88 Å². The Morgan fingerprint density at radius 3 is 2.32 bits per heavy atom.